The molecule has 0 aromatic rings. The molecule has 2 unspecified atom stereocenters. The lowest BCUT2D eigenvalue weighted by Crippen LogP contribution is -2.24. The van der Waals surface area contributed by atoms with Crippen LogP contribution < -0.4 is 0 Å². The summed E-state index contributed by atoms with van der Waals surface area (Å²) in [5, 5.41) is 0. The van der Waals surface area contributed by atoms with Crippen LogP contribution in [0.1, 0.15) is 78.1 Å². The third-order valence-corrected chi connectivity index (χ3v) is 6.44. The van der Waals surface area contributed by atoms with E-state index in [4.69, 9.17) is 0 Å². The second kappa shape index (κ2) is 10.1. The summed E-state index contributed by atoms with van der Waals surface area (Å²) in [7, 11) is 0. The van der Waals surface area contributed by atoms with Crippen molar-refractivity contribution in [2.24, 2.45) is 23.7 Å². The number of hydrogen-bond acceptors (Lipinski definition) is 0. The highest BCUT2D eigenvalue weighted by Crippen LogP contribution is 2.41. The van der Waals surface area contributed by atoms with Gasteiger partial charge in [0.25, 0.3) is 0 Å². The normalized spacial score (nSPS) is 33.0. The van der Waals surface area contributed by atoms with E-state index in [-0.39, 0.29) is 0 Å². The van der Waals surface area contributed by atoms with E-state index in [0.29, 0.717) is 0 Å². The summed E-state index contributed by atoms with van der Waals surface area (Å²) < 4.78 is 0. The molecule has 2 atom stereocenters. The van der Waals surface area contributed by atoms with Crippen LogP contribution in [0.3, 0.4) is 0 Å². The molecule has 0 N–H and O–H groups in total. The molecule has 0 bridgehead atoms. The Labute approximate surface area is 150 Å². The summed E-state index contributed by atoms with van der Waals surface area (Å²) in [4.78, 5) is 0. The monoisotopic (exact) mass is 326 g/mol. The minimum atomic E-state index is 0.774. The maximum absolute atomic E-state index is 4.04. The zero-order valence-corrected chi connectivity index (χ0v) is 16.1. The first-order chi connectivity index (χ1) is 11.6. The van der Waals surface area contributed by atoms with Crippen molar-refractivity contribution in [3.8, 4) is 0 Å². The highest BCUT2D eigenvalue weighted by atomic mass is 14.3. The van der Waals surface area contributed by atoms with Crippen LogP contribution in [0.15, 0.2) is 48.6 Å². The van der Waals surface area contributed by atoms with Gasteiger partial charge in [0.1, 0.15) is 0 Å². The summed E-state index contributed by atoms with van der Waals surface area (Å²) in [6.45, 7) is 12.3. The molecule has 134 valence electrons. The molecule has 0 amide bonds. The fourth-order valence-electron chi connectivity index (χ4n) is 4.87. The molecule has 0 radical (unpaired) electrons. The van der Waals surface area contributed by atoms with Crippen LogP contribution in [0.2, 0.25) is 0 Å². The second-order valence-corrected chi connectivity index (χ2v) is 8.20. The summed E-state index contributed by atoms with van der Waals surface area (Å²) in [5.41, 5.74) is 2.68. The van der Waals surface area contributed by atoms with Gasteiger partial charge in [-0.1, -0.05) is 55.7 Å². The first kappa shape index (κ1) is 19.3. The zero-order chi connectivity index (χ0) is 17.4. The highest BCUT2D eigenvalue weighted by Gasteiger charge is 2.29. The molecule has 0 heterocycles. The Bertz CT molecular complexity index is 456. The van der Waals surface area contributed by atoms with Gasteiger partial charge >= 0.3 is 0 Å². The van der Waals surface area contributed by atoms with Crippen molar-refractivity contribution in [3.63, 3.8) is 0 Å². The molecule has 2 saturated carbocycles. The fourth-order valence-corrected chi connectivity index (χ4v) is 4.87. The highest BCUT2D eigenvalue weighted by molar-refractivity contribution is 5.27. The molecule has 0 saturated heterocycles. The summed E-state index contributed by atoms with van der Waals surface area (Å²) >= 11 is 0. The summed E-state index contributed by atoms with van der Waals surface area (Å²) in [6.07, 6.45) is 23.2. The molecule has 2 fully saturated rings. The molecule has 2 aliphatic carbocycles. The van der Waals surface area contributed by atoms with Crippen molar-refractivity contribution >= 4 is 0 Å². The Kier molecular flexibility index (Phi) is 8.09. The molecule has 0 nitrogen and oxygen atoms in total. The lowest BCUT2D eigenvalue weighted by atomic mass is 9.70. The summed E-state index contributed by atoms with van der Waals surface area (Å²) in [6, 6.07) is 0. The van der Waals surface area contributed by atoms with Crippen molar-refractivity contribution in [2.45, 2.75) is 78.1 Å². The molecule has 0 aliphatic heterocycles. The van der Waals surface area contributed by atoms with Gasteiger partial charge in [0, 0.05) is 0 Å². The van der Waals surface area contributed by atoms with Crippen LogP contribution >= 0.6 is 0 Å². The largest absolute Gasteiger partial charge is 0.103 e. The quantitative estimate of drug-likeness (QED) is 0.359. The van der Waals surface area contributed by atoms with Crippen molar-refractivity contribution in [2.75, 3.05) is 0 Å². The van der Waals surface area contributed by atoms with Crippen LogP contribution in [0, 0.1) is 23.7 Å². The Morgan fingerprint density at radius 2 is 1.46 bits per heavy atom. The molecule has 24 heavy (non-hydrogen) atoms. The van der Waals surface area contributed by atoms with E-state index < -0.39 is 0 Å². The van der Waals surface area contributed by atoms with Crippen molar-refractivity contribution in [3.05, 3.63) is 48.6 Å². The topological polar surface area (TPSA) is 0 Å². The van der Waals surface area contributed by atoms with Gasteiger partial charge in [-0.05, 0) is 88.0 Å². The minimum absolute atomic E-state index is 0.774. The van der Waals surface area contributed by atoms with Crippen molar-refractivity contribution < 1.29 is 0 Å². The van der Waals surface area contributed by atoms with Gasteiger partial charge in [-0.2, -0.15) is 0 Å². The van der Waals surface area contributed by atoms with Gasteiger partial charge in [-0.15, -0.1) is 6.58 Å². The average Bonchev–Trinajstić information content (AvgIpc) is 2.56. The molecule has 0 spiro atoms. The van der Waals surface area contributed by atoms with E-state index >= 15 is 0 Å². The van der Waals surface area contributed by atoms with Crippen LogP contribution in [0.25, 0.3) is 0 Å². The predicted octanol–water partition coefficient (Wildman–Crippen LogP) is 7.64. The van der Waals surface area contributed by atoms with Gasteiger partial charge in [-0.3, -0.25) is 0 Å². The Morgan fingerprint density at radius 3 is 2.08 bits per heavy atom. The third-order valence-electron chi connectivity index (χ3n) is 6.44. The fraction of sp³-hybridized carbons (Fsp3) is 0.667. The standard InChI is InChI=1S/C24H38/c1-5-20-9-7-8-10-22(14-12-20)24-17-15-23(16-18-24)21(6-2)13-11-19(3)4/h5-6,11,13,20,22-24H,1,3,7-10,12,14-18H2,2,4H3/b13-11-,21-6+. The first-order valence-corrected chi connectivity index (χ1v) is 10.3. The molecule has 2 rings (SSSR count). The van der Waals surface area contributed by atoms with Crippen LogP contribution in [0.4, 0.5) is 0 Å². The molecule has 0 aromatic carbocycles. The van der Waals surface area contributed by atoms with Gasteiger partial charge in [0.2, 0.25) is 0 Å². The molecule has 0 aromatic heterocycles. The molecule has 2 aliphatic rings. The lowest BCUT2D eigenvalue weighted by molar-refractivity contribution is 0.181. The van der Waals surface area contributed by atoms with Crippen LogP contribution in [-0.4, -0.2) is 0 Å². The Hall–Kier alpha value is -1.04. The number of rotatable bonds is 5. The lowest BCUT2D eigenvalue weighted by Gasteiger charge is -2.36. The maximum atomic E-state index is 4.04. The number of hydrogen-bond donors (Lipinski definition) is 0. The van der Waals surface area contributed by atoms with Gasteiger partial charge < -0.3 is 0 Å². The Balaban J connectivity index is 1.87. The smallest absolute Gasteiger partial charge is 0.0165 e. The molecular weight excluding hydrogens is 288 g/mol. The molecular formula is C24H38. The average molecular weight is 327 g/mol. The zero-order valence-electron chi connectivity index (χ0n) is 16.1. The van der Waals surface area contributed by atoms with Crippen molar-refractivity contribution in [1.82, 2.24) is 0 Å². The van der Waals surface area contributed by atoms with E-state index in [0.717, 1.165) is 29.2 Å². The third kappa shape index (κ3) is 5.80. The van der Waals surface area contributed by atoms with E-state index in [9.17, 15) is 0 Å². The van der Waals surface area contributed by atoms with Crippen molar-refractivity contribution in [1.29, 1.82) is 0 Å². The Morgan fingerprint density at radius 1 is 0.833 bits per heavy atom. The molecule has 0 heteroatoms. The SMILES string of the molecule is C=CC1CCCCC(C2CCC(C(/C=C\C(=C)C)=C/C)CC2)CC1. The van der Waals surface area contributed by atoms with Gasteiger partial charge in [-0.25, -0.2) is 0 Å². The van der Waals surface area contributed by atoms with Gasteiger partial charge in [0.15, 0.2) is 0 Å². The van der Waals surface area contributed by atoms with Crippen LogP contribution in [-0.2, 0) is 0 Å². The van der Waals surface area contributed by atoms with E-state index in [1.165, 1.54) is 69.8 Å². The maximum Gasteiger partial charge on any atom is -0.0165 e. The van der Waals surface area contributed by atoms with E-state index in [1.54, 1.807) is 0 Å². The second-order valence-electron chi connectivity index (χ2n) is 8.20. The minimum Gasteiger partial charge on any atom is -0.103 e. The van der Waals surface area contributed by atoms with Crippen LogP contribution in [0.5, 0.6) is 0 Å². The first-order valence-electron chi connectivity index (χ1n) is 10.3. The summed E-state index contributed by atoms with van der Waals surface area (Å²) in [5.74, 6) is 3.52. The predicted molar refractivity (Wildman–Crippen MR) is 108 cm³/mol. The van der Waals surface area contributed by atoms with E-state index in [1.807, 2.05) is 0 Å². The number of allylic oxidation sites excluding steroid dienone is 6. The van der Waals surface area contributed by atoms with E-state index in [2.05, 4.69) is 51.3 Å². The van der Waals surface area contributed by atoms with Gasteiger partial charge in [0.05, 0.1) is 0 Å².